The fourth-order valence-corrected chi connectivity index (χ4v) is 4.26. The summed E-state index contributed by atoms with van der Waals surface area (Å²) in [6, 6.07) is 6.86. The average Bonchev–Trinajstić information content (AvgIpc) is 2.74. The Labute approximate surface area is 187 Å². The van der Waals surface area contributed by atoms with Crippen molar-refractivity contribution in [3.8, 4) is 0 Å². The van der Waals surface area contributed by atoms with Crippen LogP contribution in [0.4, 0.5) is 10.5 Å². The Hall–Kier alpha value is -1.71. The molecule has 2 rings (SSSR count). The Morgan fingerprint density at radius 2 is 1.87 bits per heavy atom. The normalized spacial score (nSPS) is 18.9. The molecule has 1 aliphatic rings. The van der Waals surface area contributed by atoms with Gasteiger partial charge in [0.15, 0.2) is 5.72 Å². The van der Waals surface area contributed by atoms with Gasteiger partial charge in [0.2, 0.25) is 5.88 Å². The summed E-state index contributed by atoms with van der Waals surface area (Å²) in [5, 5.41) is 19.2. The fraction of sp³-hybridized carbons (Fsp3) is 0.476. The van der Waals surface area contributed by atoms with E-state index in [1.165, 1.54) is 0 Å². The monoisotopic (exact) mass is 455 g/mol. The number of nitrogens with one attached hydrogen (secondary N) is 2. The van der Waals surface area contributed by atoms with Crippen molar-refractivity contribution in [3.05, 3.63) is 52.5 Å². The molecule has 0 saturated heterocycles. The lowest BCUT2D eigenvalue weighted by molar-refractivity contribution is -0.797. The van der Waals surface area contributed by atoms with Crippen molar-refractivity contribution in [1.29, 1.82) is 0 Å². The zero-order valence-electron chi connectivity index (χ0n) is 17.9. The third-order valence-corrected chi connectivity index (χ3v) is 6.18. The van der Waals surface area contributed by atoms with E-state index >= 15 is 0 Å². The van der Waals surface area contributed by atoms with Gasteiger partial charge in [0.1, 0.15) is 5.03 Å². The molecule has 0 radical (unpaired) electrons. The van der Waals surface area contributed by atoms with Crippen molar-refractivity contribution in [1.82, 2.24) is 5.32 Å². The number of carbonyl (C=O) groups is 1. The smallest absolute Gasteiger partial charge is 0.420 e. The summed E-state index contributed by atoms with van der Waals surface area (Å²) in [6.07, 6.45) is 4.91. The van der Waals surface area contributed by atoms with Gasteiger partial charge in [0.25, 0.3) is 0 Å². The zero-order valence-corrected chi connectivity index (χ0v) is 19.4. The summed E-state index contributed by atoms with van der Waals surface area (Å²) in [7, 11) is 3.16. The lowest BCUT2D eigenvalue weighted by Crippen LogP contribution is -2.51. The third kappa shape index (κ3) is 6.15. The fourth-order valence-electron chi connectivity index (χ4n) is 3.08. The summed E-state index contributed by atoms with van der Waals surface area (Å²) in [5.41, 5.74) is -0.148. The number of hydrogen-bond donors (Lipinski definition) is 2. The number of ether oxygens (including phenoxy) is 2. The quantitative estimate of drug-likeness (QED) is 0.293. The molecule has 7 nitrogen and oxygen atoms in total. The molecule has 1 aliphatic heterocycles. The minimum atomic E-state index is -0.851. The van der Waals surface area contributed by atoms with Gasteiger partial charge in [-0.05, 0) is 49.3 Å². The maximum atomic E-state index is 12.8. The van der Waals surface area contributed by atoms with Crippen LogP contribution in [0, 0.1) is 5.21 Å². The molecule has 0 aliphatic carbocycles. The van der Waals surface area contributed by atoms with Crippen molar-refractivity contribution in [2.75, 3.05) is 38.4 Å². The highest BCUT2D eigenvalue weighted by molar-refractivity contribution is 7.99. The van der Waals surface area contributed by atoms with Crippen molar-refractivity contribution in [2.24, 2.45) is 0 Å². The van der Waals surface area contributed by atoms with E-state index in [4.69, 9.17) is 21.1 Å². The van der Waals surface area contributed by atoms with Crippen molar-refractivity contribution < 1.29 is 18.9 Å². The van der Waals surface area contributed by atoms with E-state index in [1.54, 1.807) is 44.2 Å². The second-order valence-corrected chi connectivity index (χ2v) is 8.47. The predicted octanol–water partition coefficient (Wildman–Crippen LogP) is 5.00. The summed E-state index contributed by atoms with van der Waals surface area (Å²) >= 11 is 7.67. The van der Waals surface area contributed by atoms with Crippen LogP contribution in [0.2, 0.25) is 0 Å². The van der Waals surface area contributed by atoms with Crippen LogP contribution in [0.15, 0.2) is 52.2 Å². The van der Waals surface area contributed by atoms with E-state index < -0.39 is 16.4 Å². The predicted molar refractivity (Wildman–Crippen MR) is 122 cm³/mol. The number of halogens is 1. The highest BCUT2D eigenvalue weighted by Gasteiger charge is 2.32. The molecule has 1 atom stereocenters. The number of urea groups is 1. The lowest BCUT2D eigenvalue weighted by atomic mass is 10.2. The summed E-state index contributed by atoms with van der Waals surface area (Å²) in [4.78, 5) is 13.5. The number of amides is 2. The Morgan fingerprint density at radius 1 is 1.23 bits per heavy atom. The van der Waals surface area contributed by atoms with Gasteiger partial charge in [0.05, 0.1) is 26.0 Å². The second-order valence-electron chi connectivity index (χ2n) is 7.01. The largest absolute Gasteiger partial charge is 0.624 e. The van der Waals surface area contributed by atoms with Crippen molar-refractivity contribution in [2.45, 2.75) is 37.3 Å². The van der Waals surface area contributed by atoms with Crippen LogP contribution in [0.25, 0.3) is 0 Å². The summed E-state index contributed by atoms with van der Waals surface area (Å²) in [6.45, 7) is 4.36. The van der Waals surface area contributed by atoms with Gasteiger partial charge >= 0.3 is 6.03 Å². The maximum Gasteiger partial charge on any atom is 0.420 e. The highest BCUT2D eigenvalue weighted by atomic mass is 35.5. The molecule has 1 unspecified atom stereocenters. The Kier molecular flexibility index (Phi) is 9.06. The van der Waals surface area contributed by atoms with Crippen LogP contribution < -0.4 is 10.6 Å². The highest BCUT2D eigenvalue weighted by Crippen LogP contribution is 2.30. The minimum absolute atomic E-state index is 0.273. The average molecular weight is 456 g/mol. The van der Waals surface area contributed by atoms with Crippen molar-refractivity contribution in [3.63, 3.8) is 0 Å². The van der Waals surface area contributed by atoms with Gasteiger partial charge in [-0.1, -0.05) is 25.4 Å². The SMILES string of the molecule is CCC[N+]([O-])(CCC)C(=O)Nc1ccc(SCC2(OC)C=CC(Cl)=C(OC)N2)cc1. The molecule has 1 aromatic carbocycles. The first-order valence-electron chi connectivity index (χ1n) is 9.90. The number of anilines is 1. The van der Waals surface area contributed by atoms with Gasteiger partial charge in [-0.2, -0.15) is 0 Å². The molecule has 30 heavy (non-hydrogen) atoms. The number of dihydropyridines is 1. The number of hydroxylamine groups is 3. The van der Waals surface area contributed by atoms with E-state index in [9.17, 15) is 10.0 Å². The van der Waals surface area contributed by atoms with E-state index in [1.807, 2.05) is 32.1 Å². The molecule has 0 bridgehead atoms. The summed E-state index contributed by atoms with van der Waals surface area (Å²) < 4.78 is 10.1. The number of thioether (sulfide) groups is 1. The first-order chi connectivity index (χ1) is 14.3. The zero-order chi connectivity index (χ0) is 22.2. The van der Waals surface area contributed by atoms with Gasteiger partial charge < -0.3 is 20.0 Å². The number of rotatable bonds is 10. The molecule has 0 fully saturated rings. The standard InChI is InChI=1S/C21H30ClN3O4S/c1-5-13-25(27,14-6-2)20(26)23-16-7-9-17(10-8-16)30-15-21(29-4)12-11-18(22)19(24-21)28-3/h7-12,24H,5-6,13-15H2,1-4H3,(H,23,26). The van der Waals surface area contributed by atoms with Crippen molar-refractivity contribution >= 4 is 35.1 Å². The number of nitrogens with zero attached hydrogens (tertiary/aromatic N) is 1. The lowest BCUT2D eigenvalue weighted by Gasteiger charge is -2.38. The molecule has 1 aromatic rings. The van der Waals surface area contributed by atoms with E-state index in [0.29, 0.717) is 35.2 Å². The molecular formula is C21H30ClN3O4S. The van der Waals surface area contributed by atoms with Crippen LogP contribution in [0.3, 0.4) is 0 Å². The molecule has 1 heterocycles. The van der Waals surface area contributed by atoms with E-state index in [0.717, 1.165) is 4.90 Å². The number of hydrogen-bond acceptors (Lipinski definition) is 6. The number of methoxy groups -OCH3 is 2. The number of allylic oxidation sites excluding steroid dienone is 2. The topological polar surface area (TPSA) is 82.7 Å². The first-order valence-corrected chi connectivity index (χ1v) is 11.3. The molecule has 0 spiro atoms. The Balaban J connectivity index is 1.99. The van der Waals surface area contributed by atoms with Crippen LogP contribution in [-0.4, -0.2) is 49.5 Å². The van der Waals surface area contributed by atoms with Crippen LogP contribution in [0.1, 0.15) is 26.7 Å². The van der Waals surface area contributed by atoms with Crippen LogP contribution >= 0.6 is 23.4 Å². The van der Waals surface area contributed by atoms with Gasteiger partial charge in [-0.15, -0.1) is 11.8 Å². The van der Waals surface area contributed by atoms with Gasteiger partial charge in [0, 0.05) is 17.7 Å². The minimum Gasteiger partial charge on any atom is -0.624 e. The first kappa shape index (κ1) is 24.6. The van der Waals surface area contributed by atoms with Crippen LogP contribution in [-0.2, 0) is 9.47 Å². The summed E-state index contributed by atoms with van der Waals surface area (Å²) in [5.74, 6) is 1.02. The number of carbonyl (C=O) groups excluding carboxylic acids is 1. The molecule has 0 saturated carbocycles. The number of quaternary nitrogens is 1. The molecule has 0 aromatic heterocycles. The molecule has 9 heteroatoms. The molecule has 166 valence electrons. The van der Waals surface area contributed by atoms with Crippen LogP contribution in [0.5, 0.6) is 0 Å². The maximum absolute atomic E-state index is 12.8. The van der Waals surface area contributed by atoms with Gasteiger partial charge in [-0.3, -0.25) is 9.96 Å². The number of benzene rings is 1. The molecular weight excluding hydrogens is 426 g/mol. The Morgan fingerprint density at radius 3 is 2.40 bits per heavy atom. The Bertz CT molecular complexity index is 779. The second kappa shape index (κ2) is 11.1. The van der Waals surface area contributed by atoms with E-state index in [-0.39, 0.29) is 13.1 Å². The third-order valence-electron chi connectivity index (χ3n) is 4.71. The van der Waals surface area contributed by atoms with E-state index in [2.05, 4.69) is 10.6 Å². The molecule has 2 N–H and O–H groups in total. The molecule has 2 amide bonds. The van der Waals surface area contributed by atoms with Gasteiger partial charge in [-0.25, -0.2) is 4.79 Å².